The van der Waals surface area contributed by atoms with Gasteiger partial charge in [0.2, 0.25) is 0 Å². The Morgan fingerprint density at radius 2 is 1.89 bits per heavy atom. The second-order valence-corrected chi connectivity index (χ2v) is 5.26. The van der Waals surface area contributed by atoms with Gasteiger partial charge in [0.05, 0.1) is 5.69 Å². The first kappa shape index (κ1) is 13.6. The van der Waals surface area contributed by atoms with E-state index < -0.39 is 0 Å². The summed E-state index contributed by atoms with van der Waals surface area (Å²) < 4.78 is 0. The summed E-state index contributed by atoms with van der Waals surface area (Å²) in [6.07, 6.45) is 0. The first-order valence-corrected chi connectivity index (χ1v) is 6.61. The molecule has 0 saturated carbocycles. The number of benzene rings is 1. The van der Waals surface area contributed by atoms with Crippen LogP contribution in [0.1, 0.15) is 19.5 Å². The van der Waals surface area contributed by atoms with E-state index in [1.54, 1.807) is 0 Å². The van der Waals surface area contributed by atoms with E-state index in [9.17, 15) is 0 Å². The molecule has 4 heteroatoms. The Balaban J connectivity index is 2.09. The minimum Gasteiger partial charge on any atom is -0.378 e. The molecule has 1 aromatic carbocycles. The van der Waals surface area contributed by atoms with Crippen molar-refractivity contribution in [3.8, 4) is 11.3 Å². The molecule has 0 amide bonds. The summed E-state index contributed by atoms with van der Waals surface area (Å²) in [5, 5.41) is 10.8. The quantitative estimate of drug-likeness (QED) is 0.866. The van der Waals surface area contributed by atoms with E-state index in [0.29, 0.717) is 6.04 Å². The zero-order chi connectivity index (χ0) is 13.8. The minimum absolute atomic E-state index is 0.478. The second-order valence-electron chi connectivity index (χ2n) is 5.26. The Morgan fingerprint density at radius 3 is 2.47 bits per heavy atom. The third kappa shape index (κ3) is 3.58. The topological polar surface area (TPSA) is 44.0 Å². The SMILES string of the molecule is CC(C)NCc1cc(-c2ccc(N(C)C)cc2)n[nH]1. The molecule has 0 radical (unpaired) electrons. The van der Waals surface area contributed by atoms with E-state index >= 15 is 0 Å². The van der Waals surface area contributed by atoms with E-state index in [1.807, 2.05) is 14.1 Å². The van der Waals surface area contributed by atoms with Crippen molar-refractivity contribution in [2.24, 2.45) is 0 Å². The van der Waals surface area contributed by atoms with Gasteiger partial charge in [-0.25, -0.2) is 0 Å². The summed E-state index contributed by atoms with van der Waals surface area (Å²) in [6.45, 7) is 5.09. The van der Waals surface area contributed by atoms with Crippen LogP contribution in [0.2, 0.25) is 0 Å². The molecule has 1 heterocycles. The van der Waals surface area contributed by atoms with Gasteiger partial charge in [-0.2, -0.15) is 5.10 Å². The van der Waals surface area contributed by atoms with Crippen molar-refractivity contribution in [2.75, 3.05) is 19.0 Å². The van der Waals surface area contributed by atoms with Gasteiger partial charge in [0.15, 0.2) is 0 Å². The van der Waals surface area contributed by atoms with Crippen LogP contribution in [0.15, 0.2) is 30.3 Å². The maximum atomic E-state index is 4.36. The first-order chi connectivity index (χ1) is 9.06. The molecular formula is C15H22N4. The fourth-order valence-corrected chi connectivity index (χ4v) is 1.84. The van der Waals surface area contributed by atoms with Crippen molar-refractivity contribution in [1.82, 2.24) is 15.5 Å². The van der Waals surface area contributed by atoms with Crippen LogP contribution in [0.25, 0.3) is 11.3 Å². The average molecular weight is 258 g/mol. The normalized spacial score (nSPS) is 11.0. The van der Waals surface area contributed by atoms with Crippen LogP contribution in [0.4, 0.5) is 5.69 Å². The Labute approximate surface area is 114 Å². The molecule has 2 aromatic rings. The number of nitrogens with one attached hydrogen (secondary N) is 2. The van der Waals surface area contributed by atoms with Crippen molar-refractivity contribution < 1.29 is 0 Å². The molecular weight excluding hydrogens is 236 g/mol. The smallest absolute Gasteiger partial charge is 0.0924 e. The van der Waals surface area contributed by atoms with Crippen LogP contribution in [0.5, 0.6) is 0 Å². The maximum Gasteiger partial charge on any atom is 0.0924 e. The first-order valence-electron chi connectivity index (χ1n) is 6.61. The number of aromatic nitrogens is 2. The second kappa shape index (κ2) is 5.89. The molecule has 0 unspecified atom stereocenters. The lowest BCUT2D eigenvalue weighted by Gasteiger charge is -2.12. The highest BCUT2D eigenvalue weighted by molar-refractivity contribution is 5.63. The molecule has 2 rings (SSSR count). The number of nitrogens with zero attached hydrogens (tertiary/aromatic N) is 2. The highest BCUT2D eigenvalue weighted by atomic mass is 15.1. The van der Waals surface area contributed by atoms with Gasteiger partial charge in [-0.15, -0.1) is 0 Å². The predicted octanol–water partition coefficient (Wildman–Crippen LogP) is 2.64. The molecule has 0 spiro atoms. The molecule has 4 nitrogen and oxygen atoms in total. The molecule has 0 fully saturated rings. The molecule has 0 saturated heterocycles. The molecule has 1 aromatic heterocycles. The number of H-pyrrole nitrogens is 1. The zero-order valence-corrected chi connectivity index (χ0v) is 12.1. The molecule has 0 bridgehead atoms. The molecule has 102 valence electrons. The van der Waals surface area contributed by atoms with Crippen molar-refractivity contribution >= 4 is 5.69 Å². The average Bonchev–Trinajstić information content (AvgIpc) is 2.85. The third-order valence-electron chi connectivity index (χ3n) is 3.01. The number of anilines is 1. The van der Waals surface area contributed by atoms with E-state index in [4.69, 9.17) is 0 Å². The lowest BCUT2D eigenvalue weighted by atomic mass is 10.1. The third-order valence-corrected chi connectivity index (χ3v) is 3.01. The number of hydrogen-bond donors (Lipinski definition) is 2. The molecule has 0 aliphatic heterocycles. The van der Waals surface area contributed by atoms with Crippen molar-refractivity contribution in [3.63, 3.8) is 0 Å². The Kier molecular flexibility index (Phi) is 4.22. The van der Waals surface area contributed by atoms with Crippen LogP contribution in [0, 0.1) is 0 Å². The summed E-state index contributed by atoms with van der Waals surface area (Å²) in [5.41, 5.74) is 4.44. The fraction of sp³-hybridized carbons (Fsp3) is 0.400. The summed E-state index contributed by atoms with van der Waals surface area (Å²) in [6, 6.07) is 11.0. The summed E-state index contributed by atoms with van der Waals surface area (Å²) in [7, 11) is 4.08. The van der Waals surface area contributed by atoms with Crippen molar-refractivity contribution in [2.45, 2.75) is 26.4 Å². The van der Waals surface area contributed by atoms with E-state index in [2.05, 4.69) is 64.6 Å². The number of aromatic amines is 1. The van der Waals surface area contributed by atoms with E-state index in [1.165, 1.54) is 5.69 Å². The number of rotatable bonds is 5. The highest BCUT2D eigenvalue weighted by Gasteiger charge is 2.05. The van der Waals surface area contributed by atoms with Crippen LogP contribution in [-0.4, -0.2) is 30.3 Å². The predicted molar refractivity (Wildman–Crippen MR) is 80.3 cm³/mol. The van der Waals surface area contributed by atoms with Gasteiger partial charge in [-0.1, -0.05) is 26.0 Å². The van der Waals surface area contributed by atoms with Gasteiger partial charge in [-0.3, -0.25) is 5.10 Å². The lowest BCUT2D eigenvalue weighted by Crippen LogP contribution is -2.21. The molecule has 2 N–H and O–H groups in total. The van der Waals surface area contributed by atoms with Gasteiger partial charge in [-0.05, 0) is 18.2 Å². The summed E-state index contributed by atoms with van der Waals surface area (Å²) in [5.74, 6) is 0. The van der Waals surface area contributed by atoms with Crippen LogP contribution in [-0.2, 0) is 6.54 Å². The van der Waals surface area contributed by atoms with Gasteiger partial charge >= 0.3 is 0 Å². The zero-order valence-electron chi connectivity index (χ0n) is 12.1. The van der Waals surface area contributed by atoms with E-state index in [-0.39, 0.29) is 0 Å². The number of hydrogen-bond acceptors (Lipinski definition) is 3. The van der Waals surface area contributed by atoms with Crippen molar-refractivity contribution in [3.05, 3.63) is 36.0 Å². The van der Waals surface area contributed by atoms with Crippen LogP contribution < -0.4 is 10.2 Å². The standard InChI is InChI=1S/C15H22N4/c1-11(2)16-10-13-9-15(18-17-13)12-5-7-14(8-6-12)19(3)4/h5-9,11,16H,10H2,1-4H3,(H,17,18). The molecule has 0 atom stereocenters. The largest absolute Gasteiger partial charge is 0.378 e. The van der Waals surface area contributed by atoms with Gasteiger partial charge in [0, 0.05) is 43.6 Å². The highest BCUT2D eigenvalue weighted by Crippen LogP contribution is 2.21. The van der Waals surface area contributed by atoms with Crippen LogP contribution in [0.3, 0.4) is 0 Å². The maximum absolute atomic E-state index is 4.36. The Bertz CT molecular complexity index is 511. The van der Waals surface area contributed by atoms with Gasteiger partial charge in [0.25, 0.3) is 0 Å². The lowest BCUT2D eigenvalue weighted by molar-refractivity contribution is 0.580. The summed E-state index contributed by atoms with van der Waals surface area (Å²) >= 11 is 0. The fourth-order valence-electron chi connectivity index (χ4n) is 1.84. The van der Waals surface area contributed by atoms with Gasteiger partial charge in [0.1, 0.15) is 0 Å². The summed E-state index contributed by atoms with van der Waals surface area (Å²) in [4.78, 5) is 2.09. The Hall–Kier alpha value is -1.81. The van der Waals surface area contributed by atoms with E-state index in [0.717, 1.165) is 23.5 Å². The minimum atomic E-state index is 0.478. The molecule has 0 aliphatic rings. The van der Waals surface area contributed by atoms with Crippen LogP contribution >= 0.6 is 0 Å². The molecule has 0 aliphatic carbocycles. The molecule has 19 heavy (non-hydrogen) atoms. The Morgan fingerprint density at radius 1 is 1.21 bits per heavy atom. The van der Waals surface area contributed by atoms with Crippen molar-refractivity contribution in [1.29, 1.82) is 0 Å². The van der Waals surface area contributed by atoms with Gasteiger partial charge < -0.3 is 10.2 Å². The monoisotopic (exact) mass is 258 g/mol.